The van der Waals surface area contributed by atoms with Gasteiger partial charge in [0.1, 0.15) is 0 Å². The van der Waals surface area contributed by atoms with Gasteiger partial charge in [-0.05, 0) is 24.6 Å². The minimum Gasteiger partial charge on any atom is -0.411 e. The van der Waals surface area contributed by atoms with Crippen molar-refractivity contribution in [2.75, 3.05) is 0 Å². The van der Waals surface area contributed by atoms with Crippen molar-refractivity contribution in [1.29, 1.82) is 0 Å². The molecule has 2 rings (SSSR count). The fourth-order valence-corrected chi connectivity index (χ4v) is 1.51. The largest absolute Gasteiger partial charge is 0.411 e. The van der Waals surface area contributed by atoms with Gasteiger partial charge in [-0.3, -0.25) is 4.98 Å². The molecule has 16 heavy (non-hydrogen) atoms. The lowest BCUT2D eigenvalue weighted by Crippen LogP contribution is -1.87. The van der Waals surface area contributed by atoms with Gasteiger partial charge in [0.2, 0.25) is 0 Å². The lowest BCUT2D eigenvalue weighted by atomic mass is 10.1. The van der Waals surface area contributed by atoms with Crippen molar-refractivity contribution in [1.82, 2.24) is 4.98 Å². The van der Waals surface area contributed by atoms with Gasteiger partial charge < -0.3 is 5.21 Å². The molecule has 0 amide bonds. The molecule has 0 saturated carbocycles. The maximum Gasteiger partial charge on any atom is 0.0733 e. The van der Waals surface area contributed by atoms with Gasteiger partial charge in [-0.2, -0.15) is 0 Å². The Kier molecular flexibility index (Phi) is 2.96. The second kappa shape index (κ2) is 4.57. The highest BCUT2D eigenvalue weighted by atomic mass is 16.4. The van der Waals surface area contributed by atoms with Crippen molar-refractivity contribution in [3.05, 3.63) is 53.7 Å². The third-order valence-electron chi connectivity index (χ3n) is 2.30. The van der Waals surface area contributed by atoms with Gasteiger partial charge in [0.05, 0.1) is 11.9 Å². The van der Waals surface area contributed by atoms with E-state index in [-0.39, 0.29) is 0 Å². The van der Waals surface area contributed by atoms with E-state index in [1.807, 2.05) is 49.4 Å². The Labute approximate surface area is 94.1 Å². The van der Waals surface area contributed by atoms with Crippen LogP contribution in [0.3, 0.4) is 0 Å². The van der Waals surface area contributed by atoms with Crippen molar-refractivity contribution >= 4 is 6.21 Å². The minimum atomic E-state index is 0.860. The van der Waals surface area contributed by atoms with Crippen molar-refractivity contribution in [2.24, 2.45) is 5.16 Å². The summed E-state index contributed by atoms with van der Waals surface area (Å²) in [5.74, 6) is 0. The fourth-order valence-electron chi connectivity index (χ4n) is 1.51. The first-order chi connectivity index (χ1) is 7.79. The molecule has 80 valence electrons. The van der Waals surface area contributed by atoms with Gasteiger partial charge in [0.25, 0.3) is 0 Å². The zero-order valence-electron chi connectivity index (χ0n) is 8.96. The lowest BCUT2D eigenvalue weighted by molar-refractivity contribution is 0.322. The van der Waals surface area contributed by atoms with E-state index in [2.05, 4.69) is 10.1 Å². The van der Waals surface area contributed by atoms with Crippen molar-refractivity contribution < 1.29 is 5.21 Å². The van der Waals surface area contributed by atoms with Gasteiger partial charge in [-0.15, -0.1) is 0 Å². The molecular weight excluding hydrogens is 200 g/mol. The van der Waals surface area contributed by atoms with Crippen LogP contribution in [0.25, 0.3) is 11.3 Å². The van der Waals surface area contributed by atoms with Crippen LogP contribution in [0.5, 0.6) is 0 Å². The van der Waals surface area contributed by atoms with E-state index in [1.165, 1.54) is 6.21 Å². The molecule has 1 heterocycles. The molecule has 0 radical (unpaired) electrons. The standard InChI is InChI=1S/C13H12N2O/c1-10-3-2-4-13(15-10)12-7-5-11(6-8-12)9-14-16/h2-9,16H,1H3/b14-9+. The van der Waals surface area contributed by atoms with E-state index in [4.69, 9.17) is 5.21 Å². The third kappa shape index (κ3) is 2.25. The summed E-state index contributed by atoms with van der Waals surface area (Å²) in [6, 6.07) is 13.6. The summed E-state index contributed by atoms with van der Waals surface area (Å²) in [6.07, 6.45) is 1.40. The maximum atomic E-state index is 8.40. The summed E-state index contributed by atoms with van der Waals surface area (Å²) < 4.78 is 0. The average molecular weight is 212 g/mol. The number of oxime groups is 1. The number of hydrogen-bond acceptors (Lipinski definition) is 3. The number of benzene rings is 1. The summed E-state index contributed by atoms with van der Waals surface area (Å²) in [4.78, 5) is 4.44. The summed E-state index contributed by atoms with van der Waals surface area (Å²) in [5.41, 5.74) is 3.86. The normalized spacial score (nSPS) is 10.8. The molecule has 0 fully saturated rings. The molecule has 0 aliphatic carbocycles. The van der Waals surface area contributed by atoms with E-state index in [1.54, 1.807) is 0 Å². The predicted octanol–water partition coefficient (Wildman–Crippen LogP) is 2.87. The van der Waals surface area contributed by atoms with Gasteiger partial charge in [0, 0.05) is 11.3 Å². The van der Waals surface area contributed by atoms with E-state index < -0.39 is 0 Å². The Morgan fingerprint density at radius 3 is 2.50 bits per heavy atom. The van der Waals surface area contributed by atoms with Gasteiger partial charge in [0.15, 0.2) is 0 Å². The molecule has 1 N–H and O–H groups in total. The van der Waals surface area contributed by atoms with Crippen LogP contribution in [0.15, 0.2) is 47.6 Å². The van der Waals surface area contributed by atoms with E-state index in [0.29, 0.717) is 0 Å². The first kappa shape index (κ1) is 10.4. The topological polar surface area (TPSA) is 45.5 Å². The second-order valence-corrected chi connectivity index (χ2v) is 3.53. The van der Waals surface area contributed by atoms with Crippen molar-refractivity contribution in [3.63, 3.8) is 0 Å². The second-order valence-electron chi connectivity index (χ2n) is 3.53. The highest BCUT2D eigenvalue weighted by Crippen LogP contribution is 2.17. The highest BCUT2D eigenvalue weighted by molar-refractivity contribution is 5.80. The third-order valence-corrected chi connectivity index (χ3v) is 2.30. The predicted molar refractivity (Wildman–Crippen MR) is 63.8 cm³/mol. The Balaban J connectivity index is 2.34. The first-order valence-electron chi connectivity index (χ1n) is 5.01. The molecule has 0 atom stereocenters. The zero-order valence-corrected chi connectivity index (χ0v) is 8.96. The van der Waals surface area contributed by atoms with Gasteiger partial charge >= 0.3 is 0 Å². The average Bonchev–Trinajstić information content (AvgIpc) is 2.30. The van der Waals surface area contributed by atoms with E-state index in [9.17, 15) is 0 Å². The monoisotopic (exact) mass is 212 g/mol. The molecule has 3 nitrogen and oxygen atoms in total. The summed E-state index contributed by atoms with van der Waals surface area (Å²) in [6.45, 7) is 1.97. The Morgan fingerprint density at radius 1 is 1.12 bits per heavy atom. The van der Waals surface area contributed by atoms with Crippen molar-refractivity contribution in [3.8, 4) is 11.3 Å². The molecule has 0 aliphatic heterocycles. The smallest absolute Gasteiger partial charge is 0.0733 e. The number of aryl methyl sites for hydroxylation is 1. The summed E-state index contributed by atoms with van der Waals surface area (Å²) in [5, 5.41) is 11.4. The molecule has 1 aromatic carbocycles. The van der Waals surface area contributed by atoms with Crippen LogP contribution in [0, 0.1) is 6.92 Å². The minimum absolute atomic E-state index is 0.860. The number of hydrogen-bond donors (Lipinski definition) is 1. The molecule has 0 spiro atoms. The van der Waals surface area contributed by atoms with Crippen molar-refractivity contribution in [2.45, 2.75) is 6.92 Å². The van der Waals surface area contributed by atoms with Crippen LogP contribution in [0.2, 0.25) is 0 Å². The Bertz CT molecular complexity index is 504. The first-order valence-corrected chi connectivity index (χ1v) is 5.01. The molecule has 0 saturated heterocycles. The van der Waals surface area contributed by atoms with Crippen LogP contribution in [-0.4, -0.2) is 16.4 Å². The highest BCUT2D eigenvalue weighted by Gasteiger charge is 1.98. The number of nitrogens with zero attached hydrogens (tertiary/aromatic N) is 2. The van der Waals surface area contributed by atoms with Crippen LogP contribution >= 0.6 is 0 Å². The summed E-state index contributed by atoms with van der Waals surface area (Å²) in [7, 11) is 0. The van der Waals surface area contributed by atoms with Crippen LogP contribution in [-0.2, 0) is 0 Å². The quantitative estimate of drug-likeness (QED) is 0.472. The number of pyridine rings is 1. The SMILES string of the molecule is Cc1cccc(-c2ccc(/C=N/O)cc2)n1. The molecule has 0 bridgehead atoms. The van der Waals surface area contributed by atoms with E-state index >= 15 is 0 Å². The zero-order chi connectivity index (χ0) is 11.4. The molecular formula is C13H12N2O. The Hall–Kier alpha value is -2.16. The Morgan fingerprint density at radius 2 is 1.88 bits per heavy atom. The number of rotatable bonds is 2. The molecule has 1 aromatic heterocycles. The van der Waals surface area contributed by atoms with Gasteiger partial charge in [-0.1, -0.05) is 35.5 Å². The van der Waals surface area contributed by atoms with Crippen LogP contribution < -0.4 is 0 Å². The fraction of sp³-hybridized carbons (Fsp3) is 0.0769. The maximum absolute atomic E-state index is 8.40. The molecule has 0 unspecified atom stereocenters. The van der Waals surface area contributed by atoms with Gasteiger partial charge in [-0.25, -0.2) is 0 Å². The van der Waals surface area contributed by atoms with Crippen LogP contribution in [0.1, 0.15) is 11.3 Å². The number of aromatic nitrogens is 1. The van der Waals surface area contributed by atoms with Crippen LogP contribution in [0.4, 0.5) is 0 Å². The summed E-state index contributed by atoms with van der Waals surface area (Å²) >= 11 is 0. The van der Waals surface area contributed by atoms with E-state index in [0.717, 1.165) is 22.5 Å². The molecule has 2 aromatic rings. The lowest BCUT2D eigenvalue weighted by Gasteiger charge is -2.02. The molecule has 3 heteroatoms. The molecule has 0 aliphatic rings.